The van der Waals surface area contributed by atoms with Crippen LogP contribution in [0.5, 0.6) is 0 Å². The van der Waals surface area contributed by atoms with Crippen LogP contribution < -0.4 is 5.32 Å². The van der Waals surface area contributed by atoms with Gasteiger partial charge in [0.2, 0.25) is 0 Å². The van der Waals surface area contributed by atoms with Gasteiger partial charge in [-0.15, -0.1) is 11.3 Å². The third-order valence-corrected chi connectivity index (χ3v) is 7.41. The van der Waals surface area contributed by atoms with Gasteiger partial charge in [-0.3, -0.25) is 0 Å². The maximum atomic E-state index is 13.3. The third kappa shape index (κ3) is 4.08. The molecule has 0 amide bonds. The lowest BCUT2D eigenvalue weighted by atomic mass is 10.1. The molecule has 0 radical (unpaired) electrons. The molecule has 0 fully saturated rings. The van der Waals surface area contributed by atoms with Gasteiger partial charge >= 0.3 is 12.1 Å². The van der Waals surface area contributed by atoms with Crippen molar-refractivity contribution in [3.05, 3.63) is 59.2 Å². The maximum absolute atomic E-state index is 13.3. The van der Waals surface area contributed by atoms with Crippen molar-refractivity contribution in [3.63, 3.8) is 0 Å². The summed E-state index contributed by atoms with van der Waals surface area (Å²) in [6, 6.07) is 11.0. The average Bonchev–Trinajstić information content (AvgIpc) is 3.29. The number of carboxylic acid groups (broad SMARTS) is 1. The van der Waals surface area contributed by atoms with E-state index in [0.717, 1.165) is 51.8 Å². The number of thiazole rings is 1. The number of nitrogens with one attached hydrogen (secondary N) is 1. The number of carbonyl (C=O) groups is 1. The molecular formula is C20H16F3N3O4S2. The number of nitrogens with zero attached hydrogens (tertiary/aromatic N) is 2. The summed E-state index contributed by atoms with van der Waals surface area (Å²) in [4.78, 5) is 13.4. The Balaban J connectivity index is 0.000000307. The lowest BCUT2D eigenvalue weighted by Crippen LogP contribution is -2.21. The van der Waals surface area contributed by atoms with Crippen molar-refractivity contribution in [2.75, 3.05) is 6.54 Å². The summed E-state index contributed by atoms with van der Waals surface area (Å²) >= 11 is 1.45. The van der Waals surface area contributed by atoms with Crippen molar-refractivity contribution in [2.45, 2.75) is 24.0 Å². The van der Waals surface area contributed by atoms with Crippen LogP contribution >= 0.6 is 11.3 Å². The first-order chi connectivity index (χ1) is 15.1. The molecule has 0 atom stereocenters. The molecule has 2 N–H and O–H groups in total. The number of hydrogen-bond donors (Lipinski definition) is 2. The van der Waals surface area contributed by atoms with E-state index in [4.69, 9.17) is 9.90 Å². The van der Waals surface area contributed by atoms with E-state index in [-0.39, 0.29) is 0 Å². The van der Waals surface area contributed by atoms with Crippen LogP contribution in [0.25, 0.3) is 21.1 Å². The zero-order valence-corrected chi connectivity index (χ0v) is 17.9. The Kier molecular flexibility index (Phi) is 5.69. The molecule has 5 rings (SSSR count). The monoisotopic (exact) mass is 483 g/mol. The van der Waals surface area contributed by atoms with E-state index in [1.807, 2.05) is 12.1 Å². The summed E-state index contributed by atoms with van der Waals surface area (Å²) in [5, 5.41) is 11.6. The molecule has 0 unspecified atom stereocenters. The molecule has 2 aromatic heterocycles. The van der Waals surface area contributed by atoms with Crippen LogP contribution in [0.4, 0.5) is 13.2 Å². The van der Waals surface area contributed by atoms with Gasteiger partial charge in [0.1, 0.15) is 0 Å². The normalized spacial score (nSPS) is 14.1. The number of benzene rings is 2. The first-order valence-corrected chi connectivity index (χ1v) is 11.6. The zero-order valence-electron chi connectivity index (χ0n) is 16.3. The van der Waals surface area contributed by atoms with Crippen molar-refractivity contribution in [2.24, 2.45) is 0 Å². The van der Waals surface area contributed by atoms with Gasteiger partial charge in [0.15, 0.2) is 0 Å². The predicted octanol–water partition coefficient (Wildman–Crippen LogP) is 3.77. The number of fused-ring (bicyclic) bond motifs is 1. The molecule has 4 aromatic rings. The van der Waals surface area contributed by atoms with Crippen molar-refractivity contribution in [1.82, 2.24) is 14.3 Å². The summed E-state index contributed by atoms with van der Waals surface area (Å²) in [7, 11) is -3.65. The molecule has 2 aromatic carbocycles. The average molecular weight is 483 g/mol. The molecule has 0 saturated carbocycles. The Morgan fingerprint density at radius 3 is 2.66 bits per heavy atom. The molecule has 12 heteroatoms. The molecule has 3 heterocycles. The molecule has 32 heavy (non-hydrogen) atoms. The lowest BCUT2D eigenvalue weighted by molar-refractivity contribution is -0.192. The minimum Gasteiger partial charge on any atom is -0.475 e. The molecule has 0 spiro atoms. The Morgan fingerprint density at radius 1 is 1.19 bits per heavy atom. The Bertz CT molecular complexity index is 1430. The fraction of sp³-hybridized carbons (Fsp3) is 0.200. The predicted molar refractivity (Wildman–Crippen MR) is 113 cm³/mol. The van der Waals surface area contributed by atoms with Crippen LogP contribution in [0.1, 0.15) is 11.1 Å². The number of carboxylic acids is 1. The molecule has 1 aliphatic heterocycles. The lowest BCUT2D eigenvalue weighted by Gasteiger charge is -2.09. The van der Waals surface area contributed by atoms with E-state index >= 15 is 0 Å². The van der Waals surface area contributed by atoms with Gasteiger partial charge in [-0.25, -0.2) is 22.2 Å². The molecule has 0 aliphatic carbocycles. The number of alkyl halides is 3. The largest absolute Gasteiger partial charge is 0.490 e. The summed E-state index contributed by atoms with van der Waals surface area (Å²) in [6.07, 6.45) is -2.47. The van der Waals surface area contributed by atoms with Crippen LogP contribution in [0.15, 0.2) is 53.0 Å². The molecule has 0 bridgehead atoms. The minimum absolute atomic E-state index is 0.299. The highest BCUT2D eigenvalue weighted by atomic mass is 32.2. The van der Waals surface area contributed by atoms with Crippen LogP contribution in [-0.4, -0.2) is 41.2 Å². The van der Waals surface area contributed by atoms with Gasteiger partial charge in [-0.1, -0.05) is 12.1 Å². The summed E-state index contributed by atoms with van der Waals surface area (Å²) in [5.41, 5.74) is 5.54. The molecule has 7 nitrogen and oxygen atoms in total. The highest BCUT2D eigenvalue weighted by Gasteiger charge is 2.38. The fourth-order valence-corrected chi connectivity index (χ4v) is 5.71. The number of rotatable bonds is 2. The molecule has 1 aliphatic rings. The van der Waals surface area contributed by atoms with Crippen LogP contribution in [0, 0.1) is 0 Å². The summed E-state index contributed by atoms with van der Waals surface area (Å²) in [5.74, 6) is -2.76. The van der Waals surface area contributed by atoms with E-state index in [1.54, 1.807) is 29.9 Å². The summed E-state index contributed by atoms with van der Waals surface area (Å²) < 4.78 is 60.6. The second kappa shape index (κ2) is 8.19. The first kappa shape index (κ1) is 22.2. The van der Waals surface area contributed by atoms with Gasteiger partial charge in [0.05, 0.1) is 26.1 Å². The van der Waals surface area contributed by atoms with E-state index in [1.165, 1.54) is 15.3 Å². The smallest absolute Gasteiger partial charge is 0.475 e. The van der Waals surface area contributed by atoms with E-state index in [0.29, 0.717) is 4.90 Å². The van der Waals surface area contributed by atoms with E-state index in [2.05, 4.69) is 16.4 Å². The number of aliphatic carboxylic acids is 1. The fourth-order valence-electron chi connectivity index (χ4n) is 3.51. The molecule has 168 valence electrons. The van der Waals surface area contributed by atoms with Gasteiger partial charge < -0.3 is 10.4 Å². The van der Waals surface area contributed by atoms with Crippen LogP contribution in [0.2, 0.25) is 0 Å². The first-order valence-electron chi connectivity index (χ1n) is 9.30. The van der Waals surface area contributed by atoms with Crippen molar-refractivity contribution >= 4 is 48.4 Å². The number of halogens is 3. The second-order valence-corrected chi connectivity index (χ2v) is 9.68. The number of aromatic nitrogens is 2. The Labute approximate surface area is 184 Å². The minimum atomic E-state index is -5.08. The summed E-state index contributed by atoms with van der Waals surface area (Å²) in [6.45, 7) is 1.61. The second-order valence-electron chi connectivity index (χ2n) is 6.98. The number of hydrogen-bond acceptors (Lipinski definition) is 6. The van der Waals surface area contributed by atoms with Gasteiger partial charge in [0.25, 0.3) is 10.0 Å². The molecule has 0 saturated heterocycles. The standard InChI is InChI=1S/C18H15N3O2S2.C2HF3O2/c22-25(23,14-4-5-15-17(8-14)24-11-20-15)21-10-13-6-7-19-9-12-2-1-3-16(21)18(12)13;3-2(4,5)1(6)7/h1-5,8,10-11,19H,6-7,9H2;(H,6,7). The van der Waals surface area contributed by atoms with Gasteiger partial charge in [-0.2, -0.15) is 13.2 Å². The zero-order chi connectivity index (χ0) is 23.1. The van der Waals surface area contributed by atoms with Gasteiger partial charge in [-0.05, 0) is 48.4 Å². The maximum Gasteiger partial charge on any atom is 0.490 e. The Morgan fingerprint density at radius 2 is 1.94 bits per heavy atom. The SMILES string of the molecule is O=C(O)C(F)(F)F.O=S(=O)(c1ccc2ncsc2c1)n1cc2c3c(cccc31)CNCC2. The third-order valence-electron chi connectivity index (χ3n) is 4.95. The van der Waals surface area contributed by atoms with E-state index in [9.17, 15) is 21.6 Å². The Hall–Kier alpha value is -2.96. The highest BCUT2D eigenvalue weighted by molar-refractivity contribution is 7.90. The highest BCUT2D eigenvalue weighted by Crippen LogP contribution is 2.31. The van der Waals surface area contributed by atoms with Crippen LogP contribution in [0.3, 0.4) is 0 Å². The van der Waals surface area contributed by atoms with Crippen molar-refractivity contribution < 1.29 is 31.5 Å². The van der Waals surface area contributed by atoms with E-state index < -0.39 is 22.2 Å². The van der Waals surface area contributed by atoms with Crippen molar-refractivity contribution in [3.8, 4) is 0 Å². The van der Waals surface area contributed by atoms with Gasteiger partial charge in [0, 0.05) is 18.1 Å². The topological polar surface area (TPSA) is 101 Å². The quantitative estimate of drug-likeness (QED) is 0.450. The van der Waals surface area contributed by atoms with Crippen LogP contribution in [-0.2, 0) is 27.8 Å². The van der Waals surface area contributed by atoms with Crippen molar-refractivity contribution in [1.29, 1.82) is 0 Å². The molecular weight excluding hydrogens is 467 g/mol.